The summed E-state index contributed by atoms with van der Waals surface area (Å²) < 4.78 is 13.0. The highest BCUT2D eigenvalue weighted by Gasteiger charge is 2.09. The minimum atomic E-state index is -0.579. The first kappa shape index (κ1) is 11.6. The molecule has 0 saturated carbocycles. The van der Waals surface area contributed by atoms with Gasteiger partial charge < -0.3 is 0 Å². The average molecular weight is 277 g/mol. The van der Waals surface area contributed by atoms with Gasteiger partial charge in [-0.1, -0.05) is 34.8 Å². The Balaban J connectivity index is 2.64. The van der Waals surface area contributed by atoms with E-state index in [2.05, 4.69) is 4.98 Å². The summed E-state index contributed by atoms with van der Waals surface area (Å²) in [5, 5.41) is 1.12. The van der Waals surface area contributed by atoms with E-state index in [9.17, 15) is 4.39 Å². The Bertz CT molecular complexity index is 543. The lowest BCUT2D eigenvalue weighted by molar-refractivity contribution is 0.584. The molecule has 0 amide bonds. The van der Waals surface area contributed by atoms with E-state index in [1.165, 1.54) is 18.3 Å². The Morgan fingerprint density at radius 3 is 2.50 bits per heavy atom. The number of halogens is 4. The molecule has 1 aromatic carbocycles. The van der Waals surface area contributed by atoms with Crippen molar-refractivity contribution in [3.63, 3.8) is 0 Å². The van der Waals surface area contributed by atoms with Crippen molar-refractivity contribution in [3.8, 4) is 11.1 Å². The lowest BCUT2D eigenvalue weighted by Gasteiger charge is -2.06. The van der Waals surface area contributed by atoms with Crippen LogP contribution in [0.3, 0.4) is 0 Å². The van der Waals surface area contributed by atoms with Crippen molar-refractivity contribution >= 4 is 34.8 Å². The summed E-state index contributed by atoms with van der Waals surface area (Å²) in [5.41, 5.74) is 1.17. The predicted octanol–water partition coefficient (Wildman–Crippen LogP) is 4.85. The quantitative estimate of drug-likeness (QED) is 0.536. The molecule has 1 aromatic heterocycles. The smallest absolute Gasteiger partial charge is 0.213 e. The third-order valence-electron chi connectivity index (χ3n) is 2.03. The molecule has 0 aliphatic rings. The second-order valence-electron chi connectivity index (χ2n) is 3.12. The molecule has 0 fully saturated rings. The zero-order valence-corrected chi connectivity index (χ0v) is 10.1. The molecule has 0 bridgehead atoms. The number of aromatic nitrogens is 1. The van der Waals surface area contributed by atoms with E-state index in [-0.39, 0.29) is 0 Å². The Morgan fingerprint density at radius 1 is 1.06 bits per heavy atom. The van der Waals surface area contributed by atoms with E-state index in [1.54, 1.807) is 12.1 Å². The molecule has 0 aliphatic carbocycles. The van der Waals surface area contributed by atoms with Gasteiger partial charge in [-0.05, 0) is 23.8 Å². The first-order valence-corrected chi connectivity index (χ1v) is 5.48. The van der Waals surface area contributed by atoms with Crippen LogP contribution in [0.25, 0.3) is 11.1 Å². The third-order valence-corrected chi connectivity index (χ3v) is 3.05. The SMILES string of the molecule is Fc1cc(-c2cc(Cl)cc(Cl)c2Cl)ccn1. The molecular formula is C11H5Cl3FN. The summed E-state index contributed by atoms with van der Waals surface area (Å²) in [5.74, 6) is -0.579. The minimum Gasteiger partial charge on any atom is -0.228 e. The fourth-order valence-corrected chi connectivity index (χ4v) is 2.05. The molecule has 0 saturated heterocycles. The van der Waals surface area contributed by atoms with E-state index in [0.29, 0.717) is 26.2 Å². The van der Waals surface area contributed by atoms with E-state index in [0.717, 1.165) is 0 Å². The zero-order chi connectivity index (χ0) is 11.7. The molecule has 16 heavy (non-hydrogen) atoms. The number of hydrogen-bond acceptors (Lipinski definition) is 1. The molecule has 0 radical (unpaired) electrons. The van der Waals surface area contributed by atoms with Gasteiger partial charge in [0.05, 0.1) is 10.0 Å². The Hall–Kier alpha value is -0.830. The minimum absolute atomic E-state index is 0.335. The van der Waals surface area contributed by atoms with Gasteiger partial charge in [0.2, 0.25) is 5.95 Å². The van der Waals surface area contributed by atoms with E-state index < -0.39 is 5.95 Å². The number of hydrogen-bond donors (Lipinski definition) is 0. The highest BCUT2D eigenvalue weighted by molar-refractivity contribution is 6.45. The zero-order valence-electron chi connectivity index (χ0n) is 7.85. The Morgan fingerprint density at radius 2 is 1.81 bits per heavy atom. The van der Waals surface area contributed by atoms with Gasteiger partial charge >= 0.3 is 0 Å². The van der Waals surface area contributed by atoms with Gasteiger partial charge in [-0.25, -0.2) is 4.98 Å². The van der Waals surface area contributed by atoms with Crippen LogP contribution < -0.4 is 0 Å². The van der Waals surface area contributed by atoms with Crippen LogP contribution in [0, 0.1) is 5.95 Å². The molecule has 0 atom stereocenters. The van der Waals surface area contributed by atoms with Crippen LogP contribution in [0.2, 0.25) is 15.1 Å². The Kier molecular flexibility index (Phi) is 3.33. The molecule has 2 rings (SSSR count). The van der Waals surface area contributed by atoms with Crippen LogP contribution >= 0.6 is 34.8 Å². The number of pyridine rings is 1. The first-order chi connectivity index (χ1) is 7.58. The van der Waals surface area contributed by atoms with Crippen molar-refractivity contribution < 1.29 is 4.39 Å². The highest BCUT2D eigenvalue weighted by Crippen LogP contribution is 2.36. The van der Waals surface area contributed by atoms with Crippen LogP contribution in [0.1, 0.15) is 0 Å². The van der Waals surface area contributed by atoms with E-state index in [4.69, 9.17) is 34.8 Å². The summed E-state index contributed by atoms with van der Waals surface area (Å²) in [7, 11) is 0. The van der Waals surface area contributed by atoms with E-state index in [1.807, 2.05) is 0 Å². The maximum absolute atomic E-state index is 13.0. The lowest BCUT2D eigenvalue weighted by atomic mass is 10.1. The van der Waals surface area contributed by atoms with Gasteiger partial charge in [0.1, 0.15) is 0 Å². The van der Waals surface area contributed by atoms with Crippen LogP contribution in [0.4, 0.5) is 4.39 Å². The largest absolute Gasteiger partial charge is 0.228 e. The normalized spacial score (nSPS) is 10.5. The summed E-state index contributed by atoms with van der Waals surface area (Å²) in [6.07, 6.45) is 1.36. The standard InChI is InChI=1S/C11H5Cl3FN/c12-7-4-8(11(14)9(13)5-7)6-1-2-16-10(15)3-6/h1-5H. The molecule has 0 aliphatic heterocycles. The van der Waals surface area contributed by atoms with Gasteiger partial charge in [0.15, 0.2) is 0 Å². The third kappa shape index (κ3) is 2.29. The van der Waals surface area contributed by atoms with Crippen LogP contribution in [0.5, 0.6) is 0 Å². The second kappa shape index (κ2) is 4.58. The molecule has 1 heterocycles. The van der Waals surface area contributed by atoms with Crippen molar-refractivity contribution in [2.45, 2.75) is 0 Å². The second-order valence-corrected chi connectivity index (χ2v) is 4.34. The maximum Gasteiger partial charge on any atom is 0.213 e. The Labute approximate surface area is 107 Å². The molecule has 82 valence electrons. The summed E-state index contributed by atoms with van der Waals surface area (Å²) >= 11 is 17.8. The van der Waals surface area contributed by atoms with Gasteiger partial charge in [0.25, 0.3) is 0 Å². The summed E-state index contributed by atoms with van der Waals surface area (Å²) in [4.78, 5) is 3.46. The van der Waals surface area contributed by atoms with Crippen molar-refractivity contribution in [2.24, 2.45) is 0 Å². The van der Waals surface area contributed by atoms with Crippen molar-refractivity contribution in [3.05, 3.63) is 51.5 Å². The molecule has 5 heteroatoms. The van der Waals surface area contributed by atoms with Gasteiger partial charge in [-0.15, -0.1) is 0 Å². The van der Waals surface area contributed by atoms with Gasteiger partial charge in [0, 0.05) is 22.8 Å². The highest BCUT2D eigenvalue weighted by atomic mass is 35.5. The average Bonchev–Trinajstić information content (AvgIpc) is 2.23. The molecule has 0 spiro atoms. The molecular weight excluding hydrogens is 271 g/mol. The fraction of sp³-hybridized carbons (Fsp3) is 0. The molecule has 1 nitrogen and oxygen atoms in total. The maximum atomic E-state index is 13.0. The van der Waals surface area contributed by atoms with E-state index >= 15 is 0 Å². The van der Waals surface area contributed by atoms with Crippen LogP contribution in [-0.2, 0) is 0 Å². The molecule has 2 aromatic rings. The van der Waals surface area contributed by atoms with Crippen molar-refractivity contribution in [2.75, 3.05) is 0 Å². The van der Waals surface area contributed by atoms with Crippen molar-refractivity contribution in [1.29, 1.82) is 0 Å². The fourth-order valence-electron chi connectivity index (χ4n) is 1.34. The van der Waals surface area contributed by atoms with Gasteiger partial charge in [-0.3, -0.25) is 0 Å². The van der Waals surface area contributed by atoms with Crippen LogP contribution in [0.15, 0.2) is 30.5 Å². The number of benzene rings is 1. The van der Waals surface area contributed by atoms with Crippen molar-refractivity contribution in [1.82, 2.24) is 4.98 Å². The number of rotatable bonds is 1. The van der Waals surface area contributed by atoms with Crippen LogP contribution in [-0.4, -0.2) is 4.98 Å². The molecule has 0 unspecified atom stereocenters. The summed E-state index contributed by atoms with van der Waals surface area (Å²) in [6, 6.07) is 6.07. The topological polar surface area (TPSA) is 12.9 Å². The number of nitrogens with zero attached hydrogens (tertiary/aromatic N) is 1. The van der Waals surface area contributed by atoms with Gasteiger partial charge in [-0.2, -0.15) is 4.39 Å². The monoisotopic (exact) mass is 275 g/mol. The molecule has 0 N–H and O–H groups in total. The lowest BCUT2D eigenvalue weighted by Crippen LogP contribution is -1.85. The summed E-state index contributed by atoms with van der Waals surface area (Å²) in [6.45, 7) is 0. The first-order valence-electron chi connectivity index (χ1n) is 4.34. The predicted molar refractivity (Wildman–Crippen MR) is 64.7 cm³/mol.